The Bertz CT molecular complexity index is 1070. The summed E-state index contributed by atoms with van der Waals surface area (Å²) in [5.41, 5.74) is 10.5. The van der Waals surface area contributed by atoms with Crippen molar-refractivity contribution in [3.05, 3.63) is 83.7 Å². The Kier molecular flexibility index (Phi) is 7.03. The van der Waals surface area contributed by atoms with Crippen molar-refractivity contribution in [2.45, 2.75) is 26.3 Å². The highest BCUT2D eigenvalue weighted by Crippen LogP contribution is 2.40. The molecule has 0 bridgehead atoms. The maximum Gasteiger partial charge on any atom is 0.283 e. The first kappa shape index (κ1) is 22.0. The summed E-state index contributed by atoms with van der Waals surface area (Å²) in [6, 6.07) is 18.6. The number of hydrogen-bond donors (Lipinski definition) is 1. The standard InChI is InChI=1S/C23H23N3O2.C2H4O/c1-3-27-21-10-9-20(12-16(21)2)23(15-28-22(24)26-23)19-8-4-6-17(13-19)18-7-5-11-25-14-18;1-2-3/h4-14H,3,15H2,1-2H3,(H2,24,26);2H,1H3. The number of aromatic nitrogens is 1. The third-order valence-corrected chi connectivity index (χ3v) is 5.02. The number of hydrogen-bond acceptors (Lipinski definition) is 6. The first-order chi connectivity index (χ1) is 15.0. The molecule has 1 unspecified atom stereocenters. The topological polar surface area (TPSA) is 86.8 Å². The second-order valence-corrected chi connectivity index (χ2v) is 7.07. The minimum atomic E-state index is -0.683. The molecule has 6 nitrogen and oxygen atoms in total. The number of benzene rings is 2. The fourth-order valence-corrected chi connectivity index (χ4v) is 3.61. The van der Waals surface area contributed by atoms with Crippen LogP contribution in [-0.4, -0.2) is 30.5 Å². The Balaban J connectivity index is 0.000000858. The lowest BCUT2D eigenvalue weighted by Gasteiger charge is -2.26. The normalized spacial score (nSPS) is 17.1. The number of carbonyl (C=O) groups is 1. The van der Waals surface area contributed by atoms with Crippen molar-refractivity contribution in [2.75, 3.05) is 13.2 Å². The highest BCUT2D eigenvalue weighted by atomic mass is 16.5. The molecule has 2 N–H and O–H groups in total. The van der Waals surface area contributed by atoms with Crippen molar-refractivity contribution >= 4 is 12.3 Å². The lowest BCUT2D eigenvalue weighted by Crippen LogP contribution is -2.27. The summed E-state index contributed by atoms with van der Waals surface area (Å²) in [5.74, 6) is 0.876. The molecule has 1 aliphatic rings. The second-order valence-electron chi connectivity index (χ2n) is 7.07. The van der Waals surface area contributed by atoms with Crippen LogP contribution in [0.3, 0.4) is 0 Å². The molecule has 0 fully saturated rings. The minimum Gasteiger partial charge on any atom is -0.494 e. The van der Waals surface area contributed by atoms with Gasteiger partial charge in [-0.1, -0.05) is 30.3 Å². The third-order valence-electron chi connectivity index (χ3n) is 5.02. The van der Waals surface area contributed by atoms with Crippen LogP contribution in [0, 0.1) is 6.92 Å². The molecule has 0 saturated carbocycles. The van der Waals surface area contributed by atoms with Gasteiger partial charge in [-0.25, -0.2) is 4.99 Å². The van der Waals surface area contributed by atoms with Crippen LogP contribution in [0.1, 0.15) is 30.5 Å². The van der Waals surface area contributed by atoms with Gasteiger partial charge in [0.1, 0.15) is 18.6 Å². The number of aryl methyl sites for hydroxylation is 1. The van der Waals surface area contributed by atoms with E-state index in [0.717, 1.165) is 39.9 Å². The molecular weight excluding hydrogens is 390 g/mol. The summed E-state index contributed by atoms with van der Waals surface area (Å²) in [7, 11) is 0. The maximum absolute atomic E-state index is 8.81. The van der Waals surface area contributed by atoms with Crippen LogP contribution in [0.25, 0.3) is 11.1 Å². The number of aliphatic imine (C=N–C) groups is 1. The van der Waals surface area contributed by atoms with Crippen LogP contribution in [0.4, 0.5) is 0 Å². The van der Waals surface area contributed by atoms with E-state index in [1.165, 1.54) is 6.92 Å². The van der Waals surface area contributed by atoms with E-state index in [1.807, 2.05) is 50.4 Å². The molecule has 0 aliphatic carbocycles. The zero-order chi connectivity index (χ0) is 22.3. The van der Waals surface area contributed by atoms with Gasteiger partial charge >= 0.3 is 0 Å². The average molecular weight is 418 g/mol. The Hall–Kier alpha value is -3.67. The van der Waals surface area contributed by atoms with E-state index in [9.17, 15) is 0 Å². The minimum absolute atomic E-state index is 0.207. The molecule has 6 heteroatoms. The molecule has 0 radical (unpaired) electrons. The summed E-state index contributed by atoms with van der Waals surface area (Å²) in [6.07, 6.45) is 4.38. The third kappa shape index (κ3) is 4.74. The molecule has 2 aromatic carbocycles. The van der Waals surface area contributed by atoms with Gasteiger partial charge in [-0.15, -0.1) is 0 Å². The zero-order valence-corrected chi connectivity index (χ0v) is 18.0. The predicted octanol–water partition coefficient (Wildman–Crippen LogP) is 4.25. The van der Waals surface area contributed by atoms with E-state index in [2.05, 4.69) is 29.2 Å². The van der Waals surface area contributed by atoms with Gasteiger partial charge in [-0.3, -0.25) is 4.98 Å². The van der Waals surface area contributed by atoms with Crippen molar-refractivity contribution in [1.29, 1.82) is 0 Å². The van der Waals surface area contributed by atoms with E-state index < -0.39 is 5.54 Å². The average Bonchev–Trinajstić information content (AvgIpc) is 3.19. The van der Waals surface area contributed by atoms with E-state index in [0.29, 0.717) is 13.2 Å². The van der Waals surface area contributed by atoms with E-state index >= 15 is 0 Å². The van der Waals surface area contributed by atoms with Crippen LogP contribution in [0.5, 0.6) is 5.75 Å². The summed E-state index contributed by atoms with van der Waals surface area (Å²) in [6.45, 7) is 6.46. The fraction of sp³-hybridized carbons (Fsp3) is 0.240. The molecule has 3 aromatic rings. The summed E-state index contributed by atoms with van der Waals surface area (Å²) >= 11 is 0. The molecule has 1 aromatic heterocycles. The zero-order valence-electron chi connectivity index (χ0n) is 18.0. The van der Waals surface area contributed by atoms with Crippen molar-refractivity contribution in [1.82, 2.24) is 4.98 Å². The first-order valence-corrected chi connectivity index (χ1v) is 10.2. The smallest absolute Gasteiger partial charge is 0.283 e. The number of ether oxygens (including phenoxy) is 2. The number of amidine groups is 1. The molecule has 4 rings (SSSR count). The van der Waals surface area contributed by atoms with Gasteiger partial charge < -0.3 is 20.0 Å². The van der Waals surface area contributed by atoms with Crippen LogP contribution in [0.15, 0.2) is 72.0 Å². The Morgan fingerprint density at radius 1 is 1.13 bits per heavy atom. The number of carbonyl (C=O) groups excluding carboxylic acids is 1. The number of rotatable bonds is 5. The molecule has 31 heavy (non-hydrogen) atoms. The van der Waals surface area contributed by atoms with Crippen LogP contribution < -0.4 is 10.5 Å². The van der Waals surface area contributed by atoms with Crippen molar-refractivity contribution in [3.8, 4) is 16.9 Å². The van der Waals surface area contributed by atoms with E-state index in [4.69, 9.17) is 25.0 Å². The van der Waals surface area contributed by atoms with Gasteiger partial charge in [0.05, 0.1) is 6.61 Å². The molecule has 1 atom stereocenters. The maximum atomic E-state index is 8.81. The lowest BCUT2D eigenvalue weighted by atomic mass is 9.82. The van der Waals surface area contributed by atoms with Crippen LogP contribution in [-0.2, 0) is 15.1 Å². The van der Waals surface area contributed by atoms with E-state index in [1.54, 1.807) is 6.20 Å². The van der Waals surface area contributed by atoms with E-state index in [-0.39, 0.29) is 6.02 Å². The van der Waals surface area contributed by atoms with Crippen molar-refractivity contribution in [3.63, 3.8) is 0 Å². The lowest BCUT2D eigenvalue weighted by molar-refractivity contribution is -0.106. The quantitative estimate of drug-likeness (QED) is 0.627. The van der Waals surface area contributed by atoms with Gasteiger partial charge in [-0.2, -0.15) is 0 Å². The van der Waals surface area contributed by atoms with Crippen molar-refractivity contribution in [2.24, 2.45) is 10.7 Å². The summed E-state index contributed by atoms with van der Waals surface area (Å²) in [4.78, 5) is 17.8. The largest absolute Gasteiger partial charge is 0.494 e. The predicted molar refractivity (Wildman–Crippen MR) is 122 cm³/mol. The molecular formula is C25H27N3O3. The summed E-state index contributed by atoms with van der Waals surface area (Å²) < 4.78 is 11.3. The summed E-state index contributed by atoms with van der Waals surface area (Å²) in [5, 5.41) is 0. The van der Waals surface area contributed by atoms with Crippen LogP contribution >= 0.6 is 0 Å². The Morgan fingerprint density at radius 2 is 1.87 bits per heavy atom. The van der Waals surface area contributed by atoms with Gasteiger partial charge in [-0.05, 0) is 72.9 Å². The molecule has 1 aliphatic heterocycles. The van der Waals surface area contributed by atoms with Gasteiger partial charge in [0.25, 0.3) is 6.02 Å². The number of aldehydes is 1. The fourth-order valence-electron chi connectivity index (χ4n) is 3.61. The number of nitrogens with zero attached hydrogens (tertiary/aromatic N) is 2. The molecule has 0 amide bonds. The molecule has 0 spiro atoms. The van der Waals surface area contributed by atoms with Gasteiger partial charge in [0.2, 0.25) is 0 Å². The Morgan fingerprint density at radius 3 is 2.48 bits per heavy atom. The number of pyridine rings is 1. The van der Waals surface area contributed by atoms with Gasteiger partial charge in [0, 0.05) is 12.4 Å². The number of nitrogens with two attached hydrogens (primary N) is 1. The molecule has 2 heterocycles. The molecule has 0 saturated heterocycles. The Labute approximate surface area is 182 Å². The highest BCUT2D eigenvalue weighted by molar-refractivity contribution is 5.76. The van der Waals surface area contributed by atoms with Crippen molar-refractivity contribution < 1.29 is 14.3 Å². The monoisotopic (exact) mass is 417 g/mol. The second kappa shape index (κ2) is 9.89. The highest BCUT2D eigenvalue weighted by Gasteiger charge is 2.40. The van der Waals surface area contributed by atoms with Gasteiger partial charge in [0.15, 0.2) is 5.54 Å². The van der Waals surface area contributed by atoms with Crippen LogP contribution in [0.2, 0.25) is 0 Å². The molecule has 160 valence electrons. The first-order valence-electron chi connectivity index (χ1n) is 10.2. The SMILES string of the molecule is CC=O.CCOc1ccc(C2(c3cccc(-c4cccnc4)c3)COC(N)=N2)cc1C.